The molecule has 7 heteroatoms. The van der Waals surface area contributed by atoms with E-state index >= 15 is 0 Å². The highest BCUT2D eigenvalue weighted by Crippen LogP contribution is 2.23. The first-order chi connectivity index (χ1) is 12.0. The SMILES string of the molecule is Cc1ccc(NC(=O)c2cc(Oc3cncc(F)c3)cc(C)n2)nc1. The van der Waals surface area contributed by atoms with Crippen LogP contribution in [-0.4, -0.2) is 20.9 Å². The summed E-state index contributed by atoms with van der Waals surface area (Å²) in [5.41, 5.74) is 1.75. The second-order valence-electron chi connectivity index (χ2n) is 5.45. The lowest BCUT2D eigenvalue weighted by molar-refractivity contribution is 0.102. The van der Waals surface area contributed by atoms with Crippen molar-refractivity contribution < 1.29 is 13.9 Å². The fourth-order valence-electron chi connectivity index (χ4n) is 2.12. The van der Waals surface area contributed by atoms with E-state index in [4.69, 9.17) is 4.74 Å². The number of rotatable bonds is 4. The van der Waals surface area contributed by atoms with Gasteiger partial charge in [0.05, 0.1) is 12.4 Å². The molecular weight excluding hydrogens is 323 g/mol. The summed E-state index contributed by atoms with van der Waals surface area (Å²) in [4.78, 5) is 24.4. The Bertz CT molecular complexity index is 913. The summed E-state index contributed by atoms with van der Waals surface area (Å²) in [7, 11) is 0. The Morgan fingerprint density at radius 3 is 2.64 bits per heavy atom. The van der Waals surface area contributed by atoms with E-state index in [0.29, 0.717) is 17.3 Å². The van der Waals surface area contributed by atoms with Crippen LogP contribution >= 0.6 is 0 Å². The number of nitrogens with zero attached hydrogens (tertiary/aromatic N) is 3. The number of hydrogen-bond donors (Lipinski definition) is 1. The predicted molar refractivity (Wildman–Crippen MR) is 90.2 cm³/mol. The van der Waals surface area contributed by atoms with Crippen molar-refractivity contribution >= 4 is 11.7 Å². The van der Waals surface area contributed by atoms with Gasteiger partial charge in [-0.2, -0.15) is 0 Å². The average molecular weight is 338 g/mol. The van der Waals surface area contributed by atoms with Crippen molar-refractivity contribution in [2.75, 3.05) is 5.32 Å². The number of ether oxygens (including phenoxy) is 1. The Morgan fingerprint density at radius 2 is 1.92 bits per heavy atom. The lowest BCUT2D eigenvalue weighted by Crippen LogP contribution is -2.15. The minimum Gasteiger partial charge on any atom is -0.455 e. The number of hydrogen-bond acceptors (Lipinski definition) is 5. The Morgan fingerprint density at radius 1 is 1.08 bits per heavy atom. The Hall–Kier alpha value is -3.35. The number of carbonyl (C=O) groups excluding carboxylic acids is 1. The van der Waals surface area contributed by atoms with Gasteiger partial charge < -0.3 is 10.1 Å². The Labute approximate surface area is 143 Å². The van der Waals surface area contributed by atoms with Crippen molar-refractivity contribution in [3.63, 3.8) is 0 Å². The van der Waals surface area contributed by atoms with E-state index in [0.717, 1.165) is 11.8 Å². The van der Waals surface area contributed by atoms with Gasteiger partial charge in [0.15, 0.2) is 0 Å². The molecule has 0 aliphatic rings. The van der Waals surface area contributed by atoms with Gasteiger partial charge in [-0.3, -0.25) is 9.78 Å². The summed E-state index contributed by atoms with van der Waals surface area (Å²) in [5, 5.41) is 2.67. The van der Waals surface area contributed by atoms with Gasteiger partial charge in [-0.05, 0) is 25.5 Å². The molecule has 3 rings (SSSR count). The molecule has 0 aliphatic heterocycles. The largest absolute Gasteiger partial charge is 0.455 e. The fourth-order valence-corrected chi connectivity index (χ4v) is 2.12. The van der Waals surface area contributed by atoms with E-state index in [1.807, 2.05) is 13.0 Å². The molecule has 1 amide bonds. The van der Waals surface area contributed by atoms with Gasteiger partial charge in [0, 0.05) is 30.1 Å². The monoisotopic (exact) mass is 338 g/mol. The molecule has 0 radical (unpaired) electrons. The van der Waals surface area contributed by atoms with Crippen molar-refractivity contribution in [2.45, 2.75) is 13.8 Å². The molecular formula is C18H15FN4O2. The number of anilines is 1. The van der Waals surface area contributed by atoms with Crippen LogP contribution in [0.5, 0.6) is 11.5 Å². The number of amides is 1. The topological polar surface area (TPSA) is 77.0 Å². The van der Waals surface area contributed by atoms with Crippen LogP contribution < -0.4 is 10.1 Å². The number of halogens is 1. The van der Waals surface area contributed by atoms with Crippen LogP contribution in [0.3, 0.4) is 0 Å². The van der Waals surface area contributed by atoms with E-state index in [1.165, 1.54) is 18.3 Å². The van der Waals surface area contributed by atoms with Crippen LogP contribution in [0, 0.1) is 19.7 Å². The van der Waals surface area contributed by atoms with Gasteiger partial charge in [-0.1, -0.05) is 6.07 Å². The van der Waals surface area contributed by atoms with Crippen LogP contribution in [0.15, 0.2) is 48.9 Å². The third kappa shape index (κ3) is 4.35. The molecule has 0 saturated heterocycles. The third-order valence-corrected chi connectivity index (χ3v) is 3.23. The van der Waals surface area contributed by atoms with Crippen LogP contribution in [0.1, 0.15) is 21.7 Å². The van der Waals surface area contributed by atoms with Gasteiger partial charge in [0.2, 0.25) is 0 Å². The second kappa shape index (κ2) is 7.04. The Kier molecular flexibility index (Phi) is 4.65. The van der Waals surface area contributed by atoms with Crippen molar-refractivity contribution in [1.29, 1.82) is 0 Å². The molecule has 3 aromatic rings. The molecule has 0 atom stereocenters. The summed E-state index contributed by atoms with van der Waals surface area (Å²) >= 11 is 0. The molecule has 6 nitrogen and oxygen atoms in total. The summed E-state index contributed by atoms with van der Waals surface area (Å²) in [6, 6.07) is 7.88. The molecule has 0 spiro atoms. The van der Waals surface area contributed by atoms with Crippen LogP contribution in [0.4, 0.5) is 10.2 Å². The molecule has 1 N–H and O–H groups in total. The summed E-state index contributed by atoms with van der Waals surface area (Å²) in [6.07, 6.45) is 4.12. The standard InChI is InChI=1S/C18H15FN4O2/c1-11-3-4-17(21-8-11)23-18(24)16-7-14(5-12(2)22-16)25-15-6-13(19)9-20-10-15/h3-10H,1-2H3,(H,21,23,24). The summed E-state index contributed by atoms with van der Waals surface area (Å²) < 4.78 is 18.8. The molecule has 0 fully saturated rings. The second-order valence-corrected chi connectivity index (χ2v) is 5.45. The minimum atomic E-state index is -0.508. The summed E-state index contributed by atoms with van der Waals surface area (Å²) in [6.45, 7) is 3.64. The minimum absolute atomic E-state index is 0.168. The highest BCUT2D eigenvalue weighted by Gasteiger charge is 2.12. The lowest BCUT2D eigenvalue weighted by Gasteiger charge is -2.09. The van der Waals surface area contributed by atoms with Crippen LogP contribution in [-0.2, 0) is 0 Å². The fraction of sp³-hybridized carbons (Fsp3) is 0.111. The molecule has 126 valence electrons. The van der Waals surface area contributed by atoms with Gasteiger partial charge in [0.25, 0.3) is 5.91 Å². The average Bonchev–Trinajstić information content (AvgIpc) is 2.56. The zero-order valence-electron chi connectivity index (χ0n) is 13.7. The number of nitrogens with one attached hydrogen (secondary N) is 1. The smallest absolute Gasteiger partial charge is 0.275 e. The quantitative estimate of drug-likeness (QED) is 0.785. The zero-order valence-corrected chi connectivity index (χ0v) is 13.7. The molecule has 3 heterocycles. The molecule has 0 bridgehead atoms. The number of aryl methyl sites for hydroxylation is 2. The number of carbonyl (C=O) groups is 1. The van der Waals surface area contributed by atoms with E-state index in [-0.39, 0.29) is 11.4 Å². The maximum atomic E-state index is 13.2. The van der Waals surface area contributed by atoms with E-state index < -0.39 is 11.7 Å². The van der Waals surface area contributed by atoms with Crippen molar-refractivity contribution in [2.24, 2.45) is 0 Å². The van der Waals surface area contributed by atoms with Gasteiger partial charge in [0.1, 0.15) is 28.8 Å². The van der Waals surface area contributed by atoms with E-state index in [1.54, 1.807) is 25.3 Å². The zero-order chi connectivity index (χ0) is 17.8. The third-order valence-electron chi connectivity index (χ3n) is 3.23. The maximum absolute atomic E-state index is 13.2. The van der Waals surface area contributed by atoms with E-state index in [2.05, 4.69) is 20.3 Å². The van der Waals surface area contributed by atoms with Crippen molar-refractivity contribution in [3.05, 3.63) is 71.7 Å². The van der Waals surface area contributed by atoms with E-state index in [9.17, 15) is 9.18 Å². The maximum Gasteiger partial charge on any atom is 0.275 e. The van der Waals surface area contributed by atoms with Gasteiger partial charge >= 0.3 is 0 Å². The molecule has 25 heavy (non-hydrogen) atoms. The lowest BCUT2D eigenvalue weighted by atomic mass is 10.2. The molecule has 0 aromatic carbocycles. The normalized spacial score (nSPS) is 10.4. The van der Waals surface area contributed by atoms with Crippen molar-refractivity contribution in [1.82, 2.24) is 15.0 Å². The molecule has 3 aromatic heterocycles. The molecule has 0 saturated carbocycles. The predicted octanol–water partition coefficient (Wildman–Crippen LogP) is 3.67. The highest BCUT2D eigenvalue weighted by atomic mass is 19.1. The first-order valence-electron chi connectivity index (χ1n) is 7.51. The van der Waals surface area contributed by atoms with Crippen molar-refractivity contribution in [3.8, 4) is 11.5 Å². The van der Waals surface area contributed by atoms with Gasteiger partial charge in [-0.15, -0.1) is 0 Å². The first-order valence-corrected chi connectivity index (χ1v) is 7.51. The first kappa shape index (κ1) is 16.5. The van der Waals surface area contributed by atoms with Crippen LogP contribution in [0.25, 0.3) is 0 Å². The van der Waals surface area contributed by atoms with Crippen LogP contribution in [0.2, 0.25) is 0 Å². The number of pyridine rings is 3. The summed E-state index contributed by atoms with van der Waals surface area (Å²) in [5.74, 6) is 0.101. The number of aromatic nitrogens is 3. The highest BCUT2D eigenvalue weighted by molar-refractivity contribution is 6.02. The van der Waals surface area contributed by atoms with Gasteiger partial charge in [-0.25, -0.2) is 14.4 Å². The Balaban J connectivity index is 1.80. The molecule has 0 unspecified atom stereocenters. The molecule has 0 aliphatic carbocycles.